The highest BCUT2D eigenvalue weighted by molar-refractivity contribution is 7.21. The molecule has 7 aromatic carbocycles. The normalized spacial score (nSPS) is 11.8. The molecule has 10 aromatic rings. The van der Waals surface area contributed by atoms with Gasteiger partial charge in [-0.3, -0.25) is 0 Å². The Hall–Kier alpha value is -5.97. The van der Waals surface area contributed by atoms with E-state index in [4.69, 9.17) is 9.40 Å². The van der Waals surface area contributed by atoms with Gasteiger partial charge in [0.05, 0.1) is 26.6 Å². The molecule has 0 atom stereocenters. The standard InChI is InChI=1S/C43H26N2OS/c1-3-10-27(11-4-1)30-22-23-34-38(26-30)46-37-24-25-39-42(41(34)37)44-43(47-39)29-20-18-28(19-21-29)32-15-9-17-36-40(32)33-14-7-8-16-35(33)45(36)31-12-5-2-6-13-31/h1-26H. The maximum atomic E-state index is 6.36. The summed E-state index contributed by atoms with van der Waals surface area (Å²) in [5.74, 6) is 0. The largest absolute Gasteiger partial charge is 0.456 e. The van der Waals surface area contributed by atoms with Gasteiger partial charge in [-0.2, -0.15) is 0 Å². The first-order valence-electron chi connectivity index (χ1n) is 15.8. The number of fused-ring (bicyclic) bond motifs is 8. The lowest BCUT2D eigenvalue weighted by Gasteiger charge is -2.09. The molecule has 0 saturated carbocycles. The molecule has 0 fully saturated rings. The van der Waals surface area contributed by atoms with Crippen molar-refractivity contribution in [1.29, 1.82) is 0 Å². The molecule has 3 aromatic heterocycles. The van der Waals surface area contributed by atoms with Crippen molar-refractivity contribution >= 4 is 65.3 Å². The van der Waals surface area contributed by atoms with Crippen molar-refractivity contribution in [3.8, 4) is 38.5 Å². The molecular formula is C43H26N2OS. The van der Waals surface area contributed by atoms with Gasteiger partial charge in [0.1, 0.15) is 16.2 Å². The minimum absolute atomic E-state index is 0.868. The van der Waals surface area contributed by atoms with Gasteiger partial charge >= 0.3 is 0 Å². The Kier molecular flexibility index (Phi) is 5.74. The van der Waals surface area contributed by atoms with Gasteiger partial charge in [0.25, 0.3) is 0 Å². The quantitative estimate of drug-likeness (QED) is 0.196. The van der Waals surface area contributed by atoms with Crippen LogP contribution in [0.4, 0.5) is 0 Å². The van der Waals surface area contributed by atoms with Crippen molar-refractivity contribution in [3.05, 3.63) is 158 Å². The highest BCUT2D eigenvalue weighted by Gasteiger charge is 2.18. The maximum absolute atomic E-state index is 6.36. The molecule has 0 spiro atoms. The summed E-state index contributed by atoms with van der Waals surface area (Å²) in [5.41, 5.74) is 12.2. The van der Waals surface area contributed by atoms with Gasteiger partial charge in [0.2, 0.25) is 0 Å². The molecule has 0 bridgehead atoms. The predicted molar refractivity (Wildman–Crippen MR) is 198 cm³/mol. The molecule has 0 N–H and O–H groups in total. The minimum Gasteiger partial charge on any atom is -0.456 e. The molecule has 0 aliphatic carbocycles. The maximum Gasteiger partial charge on any atom is 0.137 e. The van der Waals surface area contributed by atoms with Crippen LogP contribution in [-0.4, -0.2) is 9.55 Å². The number of rotatable bonds is 4. The van der Waals surface area contributed by atoms with Crippen LogP contribution in [-0.2, 0) is 0 Å². The smallest absolute Gasteiger partial charge is 0.137 e. The van der Waals surface area contributed by atoms with Crippen molar-refractivity contribution in [1.82, 2.24) is 9.55 Å². The zero-order valence-corrected chi connectivity index (χ0v) is 26.0. The van der Waals surface area contributed by atoms with Crippen LogP contribution in [0, 0.1) is 0 Å². The van der Waals surface area contributed by atoms with Crippen LogP contribution in [0.3, 0.4) is 0 Å². The summed E-state index contributed by atoms with van der Waals surface area (Å²) in [5, 5.41) is 5.71. The first kappa shape index (κ1) is 26.3. The van der Waals surface area contributed by atoms with Crippen LogP contribution in [0.5, 0.6) is 0 Å². The van der Waals surface area contributed by atoms with E-state index in [0.717, 1.165) is 54.0 Å². The first-order chi connectivity index (χ1) is 23.3. The molecular weight excluding hydrogens is 593 g/mol. The predicted octanol–water partition coefficient (Wildman–Crippen LogP) is 12.3. The van der Waals surface area contributed by atoms with E-state index in [-0.39, 0.29) is 0 Å². The second-order valence-corrected chi connectivity index (χ2v) is 13.0. The number of benzene rings is 7. The molecule has 0 amide bonds. The van der Waals surface area contributed by atoms with E-state index >= 15 is 0 Å². The van der Waals surface area contributed by atoms with E-state index in [1.54, 1.807) is 11.3 Å². The third-order valence-electron chi connectivity index (χ3n) is 9.26. The van der Waals surface area contributed by atoms with E-state index in [0.29, 0.717) is 0 Å². The average molecular weight is 619 g/mol. The molecule has 3 heterocycles. The molecule has 0 saturated heterocycles. The van der Waals surface area contributed by atoms with Crippen LogP contribution >= 0.6 is 11.3 Å². The van der Waals surface area contributed by atoms with Crippen molar-refractivity contribution < 1.29 is 4.42 Å². The molecule has 220 valence electrons. The number of para-hydroxylation sites is 2. The minimum atomic E-state index is 0.868. The van der Waals surface area contributed by atoms with Crippen molar-refractivity contribution in [2.24, 2.45) is 0 Å². The van der Waals surface area contributed by atoms with Gasteiger partial charge in [0, 0.05) is 27.4 Å². The fourth-order valence-electron chi connectivity index (χ4n) is 7.09. The van der Waals surface area contributed by atoms with E-state index in [1.807, 2.05) is 6.07 Å². The van der Waals surface area contributed by atoms with Gasteiger partial charge in [0.15, 0.2) is 0 Å². The van der Waals surface area contributed by atoms with Crippen LogP contribution in [0.25, 0.3) is 92.5 Å². The lowest BCUT2D eigenvalue weighted by Crippen LogP contribution is -1.92. The number of aromatic nitrogens is 2. The summed E-state index contributed by atoms with van der Waals surface area (Å²) >= 11 is 1.73. The van der Waals surface area contributed by atoms with Crippen LogP contribution < -0.4 is 0 Å². The van der Waals surface area contributed by atoms with Gasteiger partial charge in [-0.15, -0.1) is 11.3 Å². The number of hydrogen-bond donors (Lipinski definition) is 0. The highest BCUT2D eigenvalue weighted by atomic mass is 32.1. The summed E-state index contributed by atoms with van der Waals surface area (Å²) < 4.78 is 9.89. The second kappa shape index (κ2) is 10.3. The summed E-state index contributed by atoms with van der Waals surface area (Å²) in [6.45, 7) is 0. The molecule has 10 rings (SSSR count). The fourth-order valence-corrected chi connectivity index (χ4v) is 8.07. The Morgan fingerprint density at radius 2 is 1.21 bits per heavy atom. The van der Waals surface area contributed by atoms with Gasteiger partial charge in [-0.1, -0.05) is 109 Å². The topological polar surface area (TPSA) is 31.0 Å². The summed E-state index contributed by atoms with van der Waals surface area (Å²) in [7, 11) is 0. The van der Waals surface area contributed by atoms with Gasteiger partial charge < -0.3 is 8.98 Å². The molecule has 0 aliphatic heterocycles. The molecule has 0 aliphatic rings. The first-order valence-corrected chi connectivity index (χ1v) is 16.6. The van der Waals surface area contributed by atoms with Gasteiger partial charge in [-0.25, -0.2) is 4.98 Å². The van der Waals surface area contributed by atoms with Crippen molar-refractivity contribution in [3.63, 3.8) is 0 Å². The van der Waals surface area contributed by atoms with E-state index < -0.39 is 0 Å². The average Bonchev–Trinajstić information content (AvgIpc) is 3.84. The number of furan rings is 1. The zero-order valence-electron chi connectivity index (χ0n) is 25.2. The molecule has 4 heteroatoms. The van der Waals surface area contributed by atoms with E-state index in [1.165, 1.54) is 38.5 Å². The van der Waals surface area contributed by atoms with Crippen molar-refractivity contribution in [2.45, 2.75) is 0 Å². The number of nitrogens with zero attached hydrogens (tertiary/aromatic N) is 2. The fraction of sp³-hybridized carbons (Fsp3) is 0. The summed E-state index contributed by atoms with van der Waals surface area (Å²) in [6, 6.07) is 56.0. The Morgan fingerprint density at radius 1 is 0.489 bits per heavy atom. The molecule has 3 nitrogen and oxygen atoms in total. The van der Waals surface area contributed by atoms with Crippen LogP contribution in [0.2, 0.25) is 0 Å². The van der Waals surface area contributed by atoms with Crippen LogP contribution in [0.1, 0.15) is 0 Å². The summed E-state index contributed by atoms with van der Waals surface area (Å²) in [6.07, 6.45) is 0. The Morgan fingerprint density at radius 3 is 2.06 bits per heavy atom. The zero-order chi connectivity index (χ0) is 30.9. The Bertz CT molecular complexity index is 2770. The monoisotopic (exact) mass is 618 g/mol. The number of hydrogen-bond acceptors (Lipinski definition) is 3. The number of thiazole rings is 1. The van der Waals surface area contributed by atoms with E-state index in [9.17, 15) is 0 Å². The lowest BCUT2D eigenvalue weighted by molar-refractivity contribution is 0.669. The molecule has 0 radical (unpaired) electrons. The highest BCUT2D eigenvalue weighted by Crippen LogP contribution is 2.42. The van der Waals surface area contributed by atoms with Crippen molar-refractivity contribution in [2.75, 3.05) is 0 Å². The molecule has 0 unspecified atom stereocenters. The van der Waals surface area contributed by atoms with Crippen LogP contribution in [0.15, 0.2) is 162 Å². The third-order valence-corrected chi connectivity index (χ3v) is 10.3. The van der Waals surface area contributed by atoms with E-state index in [2.05, 4.69) is 156 Å². The van der Waals surface area contributed by atoms with Gasteiger partial charge in [-0.05, 0) is 70.8 Å². The Labute approximate surface area is 274 Å². The second-order valence-electron chi connectivity index (χ2n) is 11.9. The lowest BCUT2D eigenvalue weighted by atomic mass is 9.98. The SMILES string of the molecule is c1ccc(-c2ccc3c(c2)oc2ccc4sc(-c5ccc(-c6cccc7c6c6ccccc6n7-c6ccccc6)cc5)nc4c23)cc1. The molecule has 47 heavy (non-hydrogen) atoms. The summed E-state index contributed by atoms with van der Waals surface area (Å²) in [4.78, 5) is 5.20. The Balaban J connectivity index is 1.07. The third kappa shape index (κ3) is 4.09.